The fourth-order valence-corrected chi connectivity index (χ4v) is 1.96. The van der Waals surface area contributed by atoms with Crippen LogP contribution in [0, 0.1) is 0 Å². The first-order chi connectivity index (χ1) is 10.4. The van der Waals surface area contributed by atoms with Crippen LogP contribution in [0.4, 0.5) is 13.2 Å². The van der Waals surface area contributed by atoms with Gasteiger partial charge in [0.15, 0.2) is 11.5 Å². The number of pyridine rings is 1. The Kier molecular flexibility index (Phi) is 4.67. The molecule has 0 unspecified atom stereocenters. The van der Waals surface area contributed by atoms with Crippen LogP contribution in [-0.2, 0) is 6.18 Å². The van der Waals surface area contributed by atoms with Crippen molar-refractivity contribution in [2.75, 3.05) is 13.1 Å². The number of hydrogen-bond acceptors (Lipinski definition) is 4. The fraction of sp³-hybridized carbons (Fsp3) is 0.250. The molecule has 2 aromatic rings. The maximum atomic E-state index is 13.3. The quantitative estimate of drug-likeness (QED) is 0.890. The van der Waals surface area contributed by atoms with Crippen molar-refractivity contribution in [3.8, 4) is 5.82 Å². The molecule has 1 amide bonds. The number of aromatic nitrogens is 3. The van der Waals surface area contributed by atoms with Crippen LogP contribution in [0.2, 0.25) is 5.02 Å². The van der Waals surface area contributed by atoms with Gasteiger partial charge in [0.05, 0.1) is 16.8 Å². The summed E-state index contributed by atoms with van der Waals surface area (Å²) in [6.45, 7) is 0.152. The Morgan fingerprint density at radius 2 is 2.18 bits per heavy atom. The van der Waals surface area contributed by atoms with Crippen molar-refractivity contribution in [1.82, 2.24) is 20.1 Å². The van der Waals surface area contributed by atoms with E-state index in [1.807, 2.05) is 0 Å². The first-order valence-corrected chi connectivity index (χ1v) is 6.48. The molecule has 0 aliphatic carbocycles. The van der Waals surface area contributed by atoms with Crippen LogP contribution < -0.4 is 11.1 Å². The van der Waals surface area contributed by atoms with Gasteiger partial charge in [-0.05, 0) is 12.1 Å². The molecule has 0 saturated heterocycles. The highest BCUT2D eigenvalue weighted by Gasteiger charge is 2.41. The van der Waals surface area contributed by atoms with Crippen molar-refractivity contribution in [2.45, 2.75) is 6.18 Å². The Balaban J connectivity index is 2.55. The first kappa shape index (κ1) is 16.2. The van der Waals surface area contributed by atoms with Gasteiger partial charge in [-0.2, -0.15) is 18.3 Å². The number of halogens is 4. The third-order valence-electron chi connectivity index (χ3n) is 2.65. The summed E-state index contributed by atoms with van der Waals surface area (Å²) in [6.07, 6.45) is -2.72. The van der Waals surface area contributed by atoms with E-state index in [1.165, 1.54) is 18.3 Å². The Labute approximate surface area is 128 Å². The number of nitrogens with two attached hydrogens (primary N) is 1. The monoisotopic (exact) mass is 333 g/mol. The molecule has 2 aromatic heterocycles. The second-order valence-corrected chi connectivity index (χ2v) is 4.58. The van der Waals surface area contributed by atoms with Gasteiger partial charge in [-0.25, -0.2) is 9.67 Å². The number of carbonyl (C=O) groups is 1. The average molecular weight is 334 g/mol. The van der Waals surface area contributed by atoms with Crippen LogP contribution in [0.5, 0.6) is 0 Å². The highest BCUT2D eigenvalue weighted by molar-refractivity contribution is 6.32. The zero-order valence-electron chi connectivity index (χ0n) is 11.1. The van der Waals surface area contributed by atoms with Crippen molar-refractivity contribution in [3.05, 3.63) is 40.8 Å². The number of rotatable bonds is 4. The van der Waals surface area contributed by atoms with Gasteiger partial charge in [0, 0.05) is 19.3 Å². The van der Waals surface area contributed by atoms with Gasteiger partial charge in [0.2, 0.25) is 0 Å². The summed E-state index contributed by atoms with van der Waals surface area (Å²) in [5.74, 6) is -1.13. The largest absolute Gasteiger partial charge is 0.434 e. The third kappa shape index (κ3) is 3.20. The summed E-state index contributed by atoms with van der Waals surface area (Å²) in [7, 11) is 0. The maximum Gasteiger partial charge on any atom is 0.434 e. The molecule has 0 spiro atoms. The molecular weight excluding hydrogens is 323 g/mol. The summed E-state index contributed by atoms with van der Waals surface area (Å²) in [5, 5.41) is 5.85. The van der Waals surface area contributed by atoms with Crippen molar-refractivity contribution < 1.29 is 18.0 Å². The number of hydrogen-bond donors (Lipinski definition) is 2. The van der Waals surface area contributed by atoms with E-state index >= 15 is 0 Å². The van der Waals surface area contributed by atoms with Crippen LogP contribution in [0.1, 0.15) is 16.1 Å². The molecule has 0 radical (unpaired) electrons. The van der Waals surface area contributed by atoms with Gasteiger partial charge in [-0.1, -0.05) is 11.6 Å². The number of alkyl halides is 3. The predicted molar refractivity (Wildman–Crippen MR) is 72.8 cm³/mol. The Morgan fingerprint density at radius 3 is 2.77 bits per heavy atom. The van der Waals surface area contributed by atoms with Gasteiger partial charge < -0.3 is 11.1 Å². The summed E-state index contributed by atoms with van der Waals surface area (Å²) < 4.78 is 40.4. The predicted octanol–water partition coefficient (Wildman–Crippen LogP) is 1.63. The van der Waals surface area contributed by atoms with E-state index in [1.54, 1.807) is 0 Å². The zero-order chi connectivity index (χ0) is 16.3. The second-order valence-electron chi connectivity index (χ2n) is 4.17. The van der Waals surface area contributed by atoms with E-state index in [-0.39, 0.29) is 23.9 Å². The molecule has 0 saturated carbocycles. The third-order valence-corrected chi connectivity index (χ3v) is 2.95. The van der Waals surface area contributed by atoms with Crippen LogP contribution in [0.15, 0.2) is 24.5 Å². The smallest absolute Gasteiger partial charge is 0.351 e. The standard InChI is InChI=1S/C12H11ClF3N5O/c13-8-2-1-4-18-10(8)21-9(12(14,15)16)7(6-20-21)11(22)19-5-3-17/h1-2,4,6H,3,5,17H2,(H,19,22). The Morgan fingerprint density at radius 1 is 1.45 bits per heavy atom. The van der Waals surface area contributed by atoms with Crippen molar-refractivity contribution in [3.63, 3.8) is 0 Å². The molecule has 22 heavy (non-hydrogen) atoms. The van der Waals surface area contributed by atoms with Crippen LogP contribution >= 0.6 is 11.6 Å². The van der Waals surface area contributed by atoms with Gasteiger partial charge in [0.1, 0.15) is 0 Å². The molecule has 0 atom stereocenters. The molecule has 0 aromatic carbocycles. The lowest BCUT2D eigenvalue weighted by molar-refractivity contribution is -0.143. The summed E-state index contributed by atoms with van der Waals surface area (Å²) in [5.41, 5.74) is 3.34. The van der Waals surface area contributed by atoms with Crippen molar-refractivity contribution in [2.24, 2.45) is 5.73 Å². The lowest BCUT2D eigenvalue weighted by atomic mass is 10.2. The second kappa shape index (κ2) is 6.32. The van der Waals surface area contributed by atoms with E-state index < -0.39 is 23.3 Å². The first-order valence-electron chi connectivity index (χ1n) is 6.10. The van der Waals surface area contributed by atoms with E-state index in [0.717, 1.165) is 6.20 Å². The minimum absolute atomic E-state index is 0.0231. The minimum Gasteiger partial charge on any atom is -0.351 e. The summed E-state index contributed by atoms with van der Waals surface area (Å²) >= 11 is 5.85. The highest BCUT2D eigenvalue weighted by Crippen LogP contribution is 2.34. The van der Waals surface area contributed by atoms with Gasteiger partial charge in [0.25, 0.3) is 5.91 Å². The molecule has 0 fully saturated rings. The van der Waals surface area contributed by atoms with Crippen LogP contribution in [-0.4, -0.2) is 33.8 Å². The van der Waals surface area contributed by atoms with E-state index in [0.29, 0.717) is 4.68 Å². The van der Waals surface area contributed by atoms with E-state index in [2.05, 4.69) is 15.4 Å². The lowest BCUT2D eigenvalue weighted by Gasteiger charge is -2.12. The lowest BCUT2D eigenvalue weighted by Crippen LogP contribution is -2.30. The molecule has 6 nitrogen and oxygen atoms in total. The number of amides is 1. The Bertz CT molecular complexity index is 686. The van der Waals surface area contributed by atoms with E-state index in [9.17, 15) is 18.0 Å². The molecule has 0 aliphatic rings. The average Bonchev–Trinajstić information content (AvgIpc) is 2.90. The molecule has 118 valence electrons. The normalized spacial score (nSPS) is 11.5. The van der Waals surface area contributed by atoms with Gasteiger partial charge >= 0.3 is 6.18 Å². The molecule has 0 aliphatic heterocycles. The van der Waals surface area contributed by atoms with Crippen LogP contribution in [0.25, 0.3) is 5.82 Å². The number of nitrogens with one attached hydrogen (secondary N) is 1. The topological polar surface area (TPSA) is 85.8 Å². The SMILES string of the molecule is NCCNC(=O)c1cnn(-c2ncccc2Cl)c1C(F)(F)F. The number of carbonyl (C=O) groups excluding carboxylic acids is 1. The molecule has 10 heteroatoms. The van der Waals surface area contributed by atoms with Crippen LogP contribution in [0.3, 0.4) is 0 Å². The molecule has 2 heterocycles. The molecule has 2 rings (SSSR count). The summed E-state index contributed by atoms with van der Waals surface area (Å²) in [6, 6.07) is 2.84. The molecule has 0 bridgehead atoms. The summed E-state index contributed by atoms with van der Waals surface area (Å²) in [4.78, 5) is 15.6. The maximum absolute atomic E-state index is 13.3. The van der Waals surface area contributed by atoms with Gasteiger partial charge in [-0.3, -0.25) is 4.79 Å². The van der Waals surface area contributed by atoms with E-state index in [4.69, 9.17) is 17.3 Å². The Hall–Kier alpha value is -2.13. The van der Waals surface area contributed by atoms with Crippen molar-refractivity contribution in [1.29, 1.82) is 0 Å². The minimum atomic E-state index is -4.81. The zero-order valence-corrected chi connectivity index (χ0v) is 11.8. The fourth-order valence-electron chi connectivity index (χ4n) is 1.76. The molecular formula is C12H11ClF3N5O. The number of nitrogens with zero attached hydrogens (tertiary/aromatic N) is 3. The highest BCUT2D eigenvalue weighted by atomic mass is 35.5. The van der Waals surface area contributed by atoms with Crippen molar-refractivity contribution >= 4 is 17.5 Å². The van der Waals surface area contributed by atoms with Gasteiger partial charge in [-0.15, -0.1) is 0 Å². The molecule has 3 N–H and O–H groups in total.